The van der Waals surface area contributed by atoms with Crippen LogP contribution in [0.3, 0.4) is 0 Å². The van der Waals surface area contributed by atoms with E-state index < -0.39 is 0 Å². The molecule has 1 fully saturated rings. The molecule has 1 aliphatic heterocycles. The normalized spacial score (nSPS) is 24.8. The molecule has 0 aliphatic carbocycles. The second kappa shape index (κ2) is 5.69. The lowest BCUT2D eigenvalue weighted by Gasteiger charge is -2.19. The lowest BCUT2D eigenvalue weighted by Crippen LogP contribution is -3.00. The molecule has 0 spiro atoms. The van der Waals surface area contributed by atoms with Crippen molar-refractivity contribution in [2.24, 2.45) is 5.92 Å². The molecular weight excluding hydrogens is 244 g/mol. The second-order valence-electron chi connectivity index (χ2n) is 4.26. The van der Waals surface area contributed by atoms with Gasteiger partial charge in [-0.1, -0.05) is 6.92 Å². The fourth-order valence-corrected chi connectivity index (χ4v) is 4.64. The Morgan fingerprint density at radius 1 is 1.31 bits per heavy atom. The number of hydrogen-bond donors (Lipinski definition) is 2. The third kappa shape index (κ3) is 2.98. The van der Waals surface area contributed by atoms with Crippen LogP contribution in [0.4, 0.5) is 0 Å². The first-order chi connectivity index (χ1) is 7.16. The van der Waals surface area contributed by atoms with E-state index in [4.69, 9.17) is 0 Å². The number of hydrogen-bond acceptors (Lipinski definition) is 2. The molecule has 1 saturated heterocycles. The summed E-state index contributed by atoms with van der Waals surface area (Å²) in [6, 6.07) is 4.85. The molecule has 1 aromatic rings. The summed E-state index contributed by atoms with van der Waals surface area (Å²) < 4.78 is 0. The van der Waals surface area contributed by atoms with Crippen LogP contribution >= 0.6 is 0 Å². The van der Waals surface area contributed by atoms with E-state index in [0.29, 0.717) is 5.75 Å². The van der Waals surface area contributed by atoms with Gasteiger partial charge < -0.3 is 22.6 Å². The average molecular weight is 261 g/mol. The maximum Gasteiger partial charge on any atom is 0.200 e. The predicted molar refractivity (Wildman–Crippen MR) is 63.5 cm³/mol. The molecule has 1 aliphatic rings. The topological polar surface area (TPSA) is 40.5 Å². The fraction of sp³-hybridized carbons (Fsp3) is 0.500. The average Bonchev–Trinajstić information content (AvgIpc) is 2.22. The van der Waals surface area contributed by atoms with Crippen molar-refractivity contribution in [3.05, 3.63) is 18.2 Å². The summed E-state index contributed by atoms with van der Waals surface area (Å²) in [5.41, 5.74) is 0. The van der Waals surface area contributed by atoms with Gasteiger partial charge in [-0.15, -0.1) is 0 Å². The van der Waals surface area contributed by atoms with E-state index in [9.17, 15) is 10.2 Å². The number of benzene rings is 1. The molecule has 0 bridgehead atoms. The molecule has 2 rings (SSSR count). The summed E-state index contributed by atoms with van der Waals surface area (Å²) in [6.45, 7) is 2.26. The summed E-state index contributed by atoms with van der Waals surface area (Å²) in [5, 5.41) is 19.2. The van der Waals surface area contributed by atoms with E-state index in [1.807, 2.05) is 0 Å². The zero-order valence-electron chi connectivity index (χ0n) is 9.32. The van der Waals surface area contributed by atoms with Crippen LogP contribution < -0.4 is 12.4 Å². The highest BCUT2D eigenvalue weighted by atomic mass is 35.5. The molecule has 90 valence electrons. The van der Waals surface area contributed by atoms with Gasteiger partial charge in [0.15, 0.2) is 10.6 Å². The maximum atomic E-state index is 9.77. The Hall–Kier alpha value is -0.540. The quantitative estimate of drug-likeness (QED) is 0.529. The molecule has 2 atom stereocenters. The molecule has 0 radical (unpaired) electrons. The monoisotopic (exact) mass is 260 g/mol. The van der Waals surface area contributed by atoms with E-state index >= 15 is 0 Å². The van der Waals surface area contributed by atoms with Crippen molar-refractivity contribution in [3.63, 3.8) is 0 Å². The molecule has 0 aromatic heterocycles. The Bertz CT molecular complexity index is 357. The van der Waals surface area contributed by atoms with E-state index in [2.05, 4.69) is 6.92 Å². The lowest BCUT2D eigenvalue weighted by molar-refractivity contribution is -0.00000532. The van der Waals surface area contributed by atoms with Crippen LogP contribution in [0.15, 0.2) is 23.1 Å². The Labute approximate surface area is 105 Å². The minimum Gasteiger partial charge on any atom is -1.00 e. The Balaban J connectivity index is 0.00000128. The van der Waals surface area contributed by atoms with Crippen molar-refractivity contribution in [1.29, 1.82) is 0 Å². The van der Waals surface area contributed by atoms with Gasteiger partial charge in [-0.05, 0) is 25.0 Å². The number of aromatic hydroxyl groups is 2. The molecule has 1 heterocycles. The zero-order chi connectivity index (χ0) is 10.8. The standard InChI is InChI=1S/C12H16O2S.ClH/c1-9-3-2-6-15(8-9)12-7-10(13)4-5-11(12)14;/h4-5,7,9H,2-3,6,8H2,1H3,(H-,13,14);1H. The van der Waals surface area contributed by atoms with Crippen LogP contribution in [0, 0.1) is 5.92 Å². The summed E-state index contributed by atoms with van der Waals surface area (Å²) >= 11 is 0. The molecule has 2 N–H and O–H groups in total. The number of rotatable bonds is 1. The Kier molecular flexibility index (Phi) is 4.81. The Morgan fingerprint density at radius 2 is 2.06 bits per heavy atom. The first kappa shape index (κ1) is 13.5. The van der Waals surface area contributed by atoms with Crippen molar-refractivity contribution in [2.75, 3.05) is 11.5 Å². The van der Waals surface area contributed by atoms with E-state index in [1.54, 1.807) is 12.1 Å². The van der Waals surface area contributed by atoms with Crippen molar-refractivity contribution >= 4 is 10.9 Å². The van der Waals surface area contributed by atoms with Gasteiger partial charge in [0, 0.05) is 22.9 Å². The van der Waals surface area contributed by atoms with Crippen LogP contribution in [0.25, 0.3) is 0 Å². The summed E-state index contributed by atoms with van der Waals surface area (Å²) in [4.78, 5) is 0.946. The Morgan fingerprint density at radius 3 is 2.75 bits per heavy atom. The molecular formula is C12H17ClO2S. The first-order valence-electron chi connectivity index (χ1n) is 5.36. The largest absolute Gasteiger partial charge is 1.00 e. The van der Waals surface area contributed by atoms with E-state index in [0.717, 1.165) is 22.3 Å². The van der Waals surface area contributed by atoms with E-state index in [-0.39, 0.29) is 29.1 Å². The van der Waals surface area contributed by atoms with Gasteiger partial charge in [0.2, 0.25) is 0 Å². The van der Waals surface area contributed by atoms with Crippen LogP contribution in [0.2, 0.25) is 0 Å². The predicted octanol–water partition coefficient (Wildman–Crippen LogP) is -0.491. The molecule has 4 heteroatoms. The highest BCUT2D eigenvalue weighted by Crippen LogP contribution is 2.33. The van der Waals surface area contributed by atoms with Gasteiger partial charge in [0.1, 0.15) is 17.3 Å². The molecule has 0 saturated carbocycles. The smallest absolute Gasteiger partial charge is 0.200 e. The first-order valence-corrected chi connectivity index (χ1v) is 6.92. The number of phenols is 2. The van der Waals surface area contributed by atoms with Gasteiger partial charge in [-0.2, -0.15) is 0 Å². The SMILES string of the molecule is CC1CCC[S+](c2cc(O)ccc2O)C1.[Cl-]. The number of phenolic OH excluding ortho intramolecular Hbond substituents is 2. The highest BCUT2D eigenvalue weighted by molar-refractivity contribution is 7.97. The van der Waals surface area contributed by atoms with Gasteiger partial charge in [-0.25, -0.2) is 0 Å². The van der Waals surface area contributed by atoms with Crippen molar-refractivity contribution < 1.29 is 22.6 Å². The van der Waals surface area contributed by atoms with Crippen LogP contribution in [-0.2, 0) is 10.9 Å². The highest BCUT2D eigenvalue weighted by Gasteiger charge is 2.31. The zero-order valence-corrected chi connectivity index (χ0v) is 10.9. The minimum atomic E-state index is 0. The third-order valence-electron chi connectivity index (χ3n) is 2.83. The fourth-order valence-electron chi connectivity index (χ4n) is 2.05. The molecule has 1 aromatic carbocycles. The van der Waals surface area contributed by atoms with Gasteiger partial charge in [0.05, 0.1) is 0 Å². The van der Waals surface area contributed by atoms with Crippen molar-refractivity contribution in [2.45, 2.75) is 24.7 Å². The molecule has 0 amide bonds. The molecule has 16 heavy (non-hydrogen) atoms. The second-order valence-corrected chi connectivity index (χ2v) is 6.43. The maximum absolute atomic E-state index is 9.77. The van der Waals surface area contributed by atoms with E-state index in [1.165, 1.54) is 18.9 Å². The lowest BCUT2D eigenvalue weighted by atomic mass is 10.1. The van der Waals surface area contributed by atoms with Crippen LogP contribution in [0.5, 0.6) is 11.5 Å². The third-order valence-corrected chi connectivity index (χ3v) is 5.53. The van der Waals surface area contributed by atoms with Crippen molar-refractivity contribution in [1.82, 2.24) is 0 Å². The summed E-state index contributed by atoms with van der Waals surface area (Å²) in [6.07, 6.45) is 2.53. The van der Waals surface area contributed by atoms with Crippen LogP contribution in [-0.4, -0.2) is 21.7 Å². The number of halogens is 1. The van der Waals surface area contributed by atoms with Gasteiger partial charge in [-0.3, -0.25) is 0 Å². The molecule has 2 unspecified atom stereocenters. The van der Waals surface area contributed by atoms with Gasteiger partial charge >= 0.3 is 0 Å². The van der Waals surface area contributed by atoms with Crippen LogP contribution in [0.1, 0.15) is 19.8 Å². The van der Waals surface area contributed by atoms with Gasteiger partial charge in [0.25, 0.3) is 0 Å². The van der Waals surface area contributed by atoms with Crippen molar-refractivity contribution in [3.8, 4) is 11.5 Å². The summed E-state index contributed by atoms with van der Waals surface area (Å²) in [7, 11) is 0.130. The summed E-state index contributed by atoms with van der Waals surface area (Å²) in [5.74, 6) is 3.64. The molecule has 2 nitrogen and oxygen atoms in total. The minimum absolute atomic E-state index is 0.